The summed E-state index contributed by atoms with van der Waals surface area (Å²) in [5, 5.41) is 9.55. The van der Waals surface area contributed by atoms with E-state index in [1.807, 2.05) is 19.0 Å². The monoisotopic (exact) mass is 245 g/mol. The molecule has 2 nitrogen and oxygen atoms in total. The predicted octanol–water partition coefficient (Wildman–Crippen LogP) is 2.77. The maximum atomic E-state index is 13.5. The zero-order valence-corrected chi connectivity index (χ0v) is 10.6. The summed E-state index contributed by atoms with van der Waals surface area (Å²) in [6.45, 7) is 1.73. The Labute approximate surface area is 101 Å². The normalized spacial score (nSPS) is 13.2. The van der Waals surface area contributed by atoms with Gasteiger partial charge in [-0.05, 0) is 50.7 Å². The summed E-state index contributed by atoms with van der Waals surface area (Å²) in [7, 11) is 3.77. The first-order valence-corrected chi connectivity index (χ1v) is 5.58. The number of nitrogens with zero attached hydrogens (tertiary/aromatic N) is 1. The molecule has 1 unspecified atom stereocenters. The van der Waals surface area contributed by atoms with E-state index in [9.17, 15) is 4.39 Å². The van der Waals surface area contributed by atoms with Gasteiger partial charge in [-0.3, -0.25) is 0 Å². The van der Waals surface area contributed by atoms with Gasteiger partial charge in [0.1, 0.15) is 5.82 Å². The van der Waals surface area contributed by atoms with Crippen LogP contribution < -0.4 is 0 Å². The molecule has 1 aromatic carbocycles. The van der Waals surface area contributed by atoms with Gasteiger partial charge in [-0.15, -0.1) is 0 Å². The molecule has 90 valence electrons. The maximum absolute atomic E-state index is 13.5. The zero-order valence-electron chi connectivity index (χ0n) is 9.80. The Bertz CT molecular complexity index is 368. The molecule has 0 amide bonds. The molecule has 0 bridgehead atoms. The summed E-state index contributed by atoms with van der Waals surface area (Å²) in [5.41, 5.74) is 1.26. The average Bonchev–Trinajstić information content (AvgIpc) is 2.20. The minimum atomic E-state index is -0.260. The molecule has 0 aliphatic carbocycles. The quantitative estimate of drug-likeness (QED) is 0.882. The van der Waals surface area contributed by atoms with E-state index in [0.29, 0.717) is 17.0 Å². The van der Waals surface area contributed by atoms with Gasteiger partial charge in [-0.25, -0.2) is 4.39 Å². The molecule has 1 N–H and O–H groups in total. The molecule has 4 heteroatoms. The van der Waals surface area contributed by atoms with E-state index < -0.39 is 0 Å². The minimum Gasteiger partial charge on any atom is -0.396 e. The molecule has 0 saturated carbocycles. The van der Waals surface area contributed by atoms with Crippen LogP contribution in [0.4, 0.5) is 4.39 Å². The third kappa shape index (κ3) is 2.94. The maximum Gasteiger partial charge on any atom is 0.126 e. The van der Waals surface area contributed by atoms with Crippen LogP contribution in [0, 0.1) is 12.7 Å². The van der Waals surface area contributed by atoms with Crippen molar-refractivity contribution in [3.63, 3.8) is 0 Å². The summed E-state index contributed by atoms with van der Waals surface area (Å²) in [6.07, 6.45) is 0.537. The largest absolute Gasteiger partial charge is 0.396 e. The molecule has 0 aromatic heterocycles. The van der Waals surface area contributed by atoms with Gasteiger partial charge in [-0.2, -0.15) is 0 Å². The lowest BCUT2D eigenvalue weighted by Gasteiger charge is -2.25. The molecule has 1 aromatic rings. The van der Waals surface area contributed by atoms with Gasteiger partial charge in [0, 0.05) is 17.7 Å². The lowest BCUT2D eigenvalue weighted by atomic mass is 10.0. The topological polar surface area (TPSA) is 23.5 Å². The van der Waals surface area contributed by atoms with Crippen LogP contribution in [0.2, 0.25) is 5.02 Å². The van der Waals surface area contributed by atoms with Gasteiger partial charge in [-0.1, -0.05) is 11.6 Å². The fraction of sp³-hybridized carbons (Fsp3) is 0.500. The Morgan fingerprint density at radius 3 is 2.56 bits per heavy atom. The second kappa shape index (κ2) is 5.62. The van der Waals surface area contributed by atoms with E-state index in [1.54, 1.807) is 13.0 Å². The molecule has 1 atom stereocenters. The second-order valence-corrected chi connectivity index (χ2v) is 4.52. The average molecular weight is 246 g/mol. The van der Waals surface area contributed by atoms with Crippen molar-refractivity contribution in [1.82, 2.24) is 4.90 Å². The van der Waals surface area contributed by atoms with Gasteiger partial charge in [0.25, 0.3) is 0 Å². The number of aliphatic hydroxyl groups excluding tert-OH is 1. The first kappa shape index (κ1) is 13.4. The van der Waals surface area contributed by atoms with Crippen molar-refractivity contribution in [3.8, 4) is 0 Å². The highest BCUT2D eigenvalue weighted by molar-refractivity contribution is 6.31. The van der Waals surface area contributed by atoms with Crippen LogP contribution in [0.3, 0.4) is 0 Å². The van der Waals surface area contributed by atoms with Crippen molar-refractivity contribution in [3.05, 3.63) is 34.1 Å². The van der Waals surface area contributed by atoms with E-state index in [2.05, 4.69) is 0 Å². The Morgan fingerprint density at radius 1 is 1.44 bits per heavy atom. The van der Waals surface area contributed by atoms with E-state index in [0.717, 1.165) is 5.56 Å². The third-order valence-corrected chi connectivity index (χ3v) is 2.99. The SMILES string of the molecule is Cc1cc(Cl)c(C(CCO)N(C)C)cc1F. The Hall–Kier alpha value is -0.640. The lowest BCUT2D eigenvalue weighted by molar-refractivity contribution is 0.210. The van der Waals surface area contributed by atoms with Crippen LogP contribution in [0.1, 0.15) is 23.6 Å². The molecule has 0 fully saturated rings. The minimum absolute atomic E-state index is 0.0503. The number of aliphatic hydroxyl groups is 1. The smallest absolute Gasteiger partial charge is 0.126 e. The Kier molecular flexibility index (Phi) is 4.71. The number of aryl methyl sites for hydroxylation is 1. The summed E-state index contributed by atoms with van der Waals surface area (Å²) < 4.78 is 13.5. The Balaban J connectivity index is 3.13. The fourth-order valence-electron chi connectivity index (χ4n) is 1.73. The van der Waals surface area contributed by atoms with Gasteiger partial charge >= 0.3 is 0 Å². The highest BCUT2D eigenvalue weighted by atomic mass is 35.5. The van der Waals surface area contributed by atoms with Crippen LogP contribution in [0.5, 0.6) is 0 Å². The van der Waals surface area contributed by atoms with Crippen molar-refractivity contribution in [2.45, 2.75) is 19.4 Å². The standard InChI is InChI=1S/C12H17ClFNO/c1-8-6-10(13)9(7-11(8)14)12(4-5-16)15(2)3/h6-7,12,16H,4-5H2,1-3H3. The number of rotatable bonds is 4. The predicted molar refractivity (Wildman–Crippen MR) is 64.3 cm³/mol. The molecule has 0 heterocycles. The van der Waals surface area contributed by atoms with Crippen LogP contribution in [0.15, 0.2) is 12.1 Å². The molecule has 16 heavy (non-hydrogen) atoms. The van der Waals surface area contributed by atoms with Crippen molar-refractivity contribution < 1.29 is 9.50 Å². The second-order valence-electron chi connectivity index (χ2n) is 4.11. The Morgan fingerprint density at radius 2 is 2.06 bits per heavy atom. The lowest BCUT2D eigenvalue weighted by Crippen LogP contribution is -2.21. The highest BCUT2D eigenvalue weighted by Gasteiger charge is 2.18. The summed E-state index contributed by atoms with van der Waals surface area (Å²) in [4.78, 5) is 1.92. The molecule has 0 aliphatic heterocycles. The number of hydrogen-bond donors (Lipinski definition) is 1. The van der Waals surface area contributed by atoms with Gasteiger partial charge in [0.2, 0.25) is 0 Å². The summed E-state index contributed by atoms with van der Waals surface area (Å²) >= 11 is 6.10. The van der Waals surface area contributed by atoms with Crippen molar-refractivity contribution in [2.75, 3.05) is 20.7 Å². The van der Waals surface area contributed by atoms with Gasteiger partial charge in [0.15, 0.2) is 0 Å². The number of halogens is 2. The van der Waals surface area contributed by atoms with Crippen molar-refractivity contribution in [2.24, 2.45) is 0 Å². The molecule has 1 rings (SSSR count). The molecular weight excluding hydrogens is 229 g/mol. The van der Waals surface area contributed by atoms with E-state index >= 15 is 0 Å². The van der Waals surface area contributed by atoms with Crippen molar-refractivity contribution in [1.29, 1.82) is 0 Å². The van der Waals surface area contributed by atoms with E-state index in [-0.39, 0.29) is 18.5 Å². The molecule has 0 aliphatic rings. The van der Waals surface area contributed by atoms with Crippen LogP contribution in [-0.4, -0.2) is 30.7 Å². The fourth-order valence-corrected chi connectivity index (χ4v) is 2.08. The van der Waals surface area contributed by atoms with E-state index in [4.69, 9.17) is 16.7 Å². The van der Waals surface area contributed by atoms with Crippen molar-refractivity contribution >= 4 is 11.6 Å². The zero-order chi connectivity index (χ0) is 12.3. The third-order valence-electron chi connectivity index (χ3n) is 2.66. The van der Waals surface area contributed by atoms with Crippen LogP contribution in [-0.2, 0) is 0 Å². The van der Waals surface area contributed by atoms with Gasteiger partial charge in [0.05, 0.1) is 0 Å². The van der Waals surface area contributed by atoms with Crippen LogP contribution >= 0.6 is 11.6 Å². The number of benzene rings is 1. The summed E-state index contributed by atoms with van der Waals surface area (Å²) in [5.74, 6) is -0.260. The molecule has 0 spiro atoms. The first-order chi connectivity index (χ1) is 7.47. The summed E-state index contributed by atoms with van der Waals surface area (Å²) in [6, 6.07) is 3.02. The van der Waals surface area contributed by atoms with Gasteiger partial charge < -0.3 is 10.0 Å². The number of hydrogen-bond acceptors (Lipinski definition) is 2. The molecule has 0 radical (unpaired) electrons. The highest BCUT2D eigenvalue weighted by Crippen LogP contribution is 2.30. The molecular formula is C12H17ClFNO. The molecule has 0 saturated heterocycles. The van der Waals surface area contributed by atoms with E-state index in [1.165, 1.54) is 6.07 Å². The first-order valence-electron chi connectivity index (χ1n) is 5.20. The van der Waals surface area contributed by atoms with Crippen LogP contribution in [0.25, 0.3) is 0 Å².